The first-order valence-corrected chi connectivity index (χ1v) is 13.2. The molecule has 0 fully saturated rings. The molecule has 196 valence electrons. The van der Waals surface area contributed by atoms with Crippen molar-refractivity contribution in [1.82, 2.24) is 20.4 Å². The zero-order chi connectivity index (χ0) is 26.7. The van der Waals surface area contributed by atoms with Crippen molar-refractivity contribution >= 4 is 28.0 Å². The standard InChI is InChI=1S/C32H36N4O2/c1-4-29(24-10-7-6-8-11-24)32(26-15-18-30-27(22-26)23-34-35-30)25-13-16-28(17-14-25)38-21-20-33-19-9-12-31(37)36(3)5-2/h6-18,22-23,33H,4-5,19-21H2,1-3H3,(H,34,35)/b12-9+,32-29+. The molecule has 0 aliphatic heterocycles. The Hall–Kier alpha value is -4.16. The zero-order valence-electron chi connectivity index (χ0n) is 22.4. The van der Waals surface area contributed by atoms with Crippen LogP contribution in [0.4, 0.5) is 0 Å². The van der Waals surface area contributed by atoms with Gasteiger partial charge in [0.15, 0.2) is 0 Å². The lowest BCUT2D eigenvalue weighted by Crippen LogP contribution is -2.25. The molecule has 3 aromatic carbocycles. The number of carbonyl (C=O) groups is 1. The Balaban J connectivity index is 1.47. The summed E-state index contributed by atoms with van der Waals surface area (Å²) in [6.07, 6.45) is 6.22. The van der Waals surface area contributed by atoms with Crippen molar-refractivity contribution in [3.63, 3.8) is 0 Å². The van der Waals surface area contributed by atoms with Gasteiger partial charge in [-0.05, 0) is 65.4 Å². The Morgan fingerprint density at radius 1 is 1.00 bits per heavy atom. The zero-order valence-corrected chi connectivity index (χ0v) is 22.4. The Bertz CT molecular complexity index is 1390. The lowest BCUT2D eigenvalue weighted by molar-refractivity contribution is -0.124. The summed E-state index contributed by atoms with van der Waals surface area (Å²) in [4.78, 5) is 13.5. The minimum atomic E-state index is 0.0160. The van der Waals surface area contributed by atoms with E-state index in [-0.39, 0.29) is 5.91 Å². The number of amides is 1. The van der Waals surface area contributed by atoms with Gasteiger partial charge < -0.3 is 15.0 Å². The summed E-state index contributed by atoms with van der Waals surface area (Å²) in [5.41, 5.74) is 7.06. The quantitative estimate of drug-likeness (QED) is 0.141. The van der Waals surface area contributed by atoms with E-state index in [2.05, 4.69) is 83.1 Å². The first-order chi connectivity index (χ1) is 18.6. The maximum absolute atomic E-state index is 11.8. The number of nitrogens with zero attached hydrogens (tertiary/aromatic N) is 2. The number of hydrogen-bond donors (Lipinski definition) is 2. The van der Waals surface area contributed by atoms with E-state index in [1.807, 2.05) is 31.3 Å². The van der Waals surface area contributed by atoms with Crippen LogP contribution >= 0.6 is 0 Å². The number of benzene rings is 3. The number of hydrogen-bond acceptors (Lipinski definition) is 4. The third-order valence-corrected chi connectivity index (χ3v) is 6.57. The molecule has 1 amide bonds. The molecule has 1 heterocycles. The first-order valence-electron chi connectivity index (χ1n) is 13.2. The molecular formula is C32H36N4O2. The molecule has 38 heavy (non-hydrogen) atoms. The van der Waals surface area contributed by atoms with E-state index < -0.39 is 0 Å². The maximum Gasteiger partial charge on any atom is 0.246 e. The summed E-state index contributed by atoms with van der Waals surface area (Å²) in [5.74, 6) is 0.843. The average molecular weight is 509 g/mol. The maximum atomic E-state index is 11.8. The van der Waals surface area contributed by atoms with Crippen molar-refractivity contribution in [2.75, 3.05) is 33.3 Å². The molecule has 0 aliphatic rings. The minimum absolute atomic E-state index is 0.0160. The van der Waals surface area contributed by atoms with Gasteiger partial charge in [0.2, 0.25) is 5.91 Å². The molecular weight excluding hydrogens is 472 g/mol. The highest BCUT2D eigenvalue weighted by molar-refractivity contribution is 6.00. The number of carbonyl (C=O) groups excluding carboxylic acids is 1. The highest BCUT2D eigenvalue weighted by Gasteiger charge is 2.14. The van der Waals surface area contributed by atoms with Gasteiger partial charge in [0.25, 0.3) is 0 Å². The number of nitrogens with one attached hydrogen (secondary N) is 2. The van der Waals surface area contributed by atoms with Crippen molar-refractivity contribution in [3.8, 4) is 5.75 Å². The van der Waals surface area contributed by atoms with Crippen LogP contribution in [0.2, 0.25) is 0 Å². The largest absolute Gasteiger partial charge is 0.492 e. The summed E-state index contributed by atoms with van der Waals surface area (Å²) < 4.78 is 5.96. The van der Waals surface area contributed by atoms with Gasteiger partial charge in [-0.3, -0.25) is 9.89 Å². The molecule has 0 radical (unpaired) electrons. The van der Waals surface area contributed by atoms with Crippen molar-refractivity contribution < 1.29 is 9.53 Å². The van der Waals surface area contributed by atoms with Crippen LogP contribution in [0.25, 0.3) is 22.0 Å². The molecule has 4 aromatic rings. The van der Waals surface area contributed by atoms with Crippen LogP contribution in [-0.2, 0) is 4.79 Å². The van der Waals surface area contributed by atoms with E-state index in [4.69, 9.17) is 4.74 Å². The number of aromatic amines is 1. The average Bonchev–Trinajstić information content (AvgIpc) is 3.43. The van der Waals surface area contributed by atoms with E-state index in [1.54, 1.807) is 18.0 Å². The van der Waals surface area contributed by atoms with Crippen LogP contribution in [0, 0.1) is 0 Å². The number of ether oxygens (including phenoxy) is 1. The molecule has 2 N–H and O–H groups in total. The monoisotopic (exact) mass is 508 g/mol. The van der Waals surface area contributed by atoms with Gasteiger partial charge in [-0.1, -0.05) is 61.5 Å². The molecule has 0 atom stereocenters. The van der Waals surface area contributed by atoms with Gasteiger partial charge in [-0.25, -0.2) is 0 Å². The Labute approximate surface area is 225 Å². The molecule has 0 bridgehead atoms. The summed E-state index contributed by atoms with van der Waals surface area (Å²) in [5, 5.41) is 11.6. The Morgan fingerprint density at radius 3 is 2.50 bits per heavy atom. The summed E-state index contributed by atoms with van der Waals surface area (Å²) in [6, 6.07) is 25.4. The number of rotatable bonds is 12. The predicted molar refractivity (Wildman–Crippen MR) is 156 cm³/mol. The molecule has 0 spiro atoms. The lowest BCUT2D eigenvalue weighted by Gasteiger charge is -2.17. The second kappa shape index (κ2) is 13.4. The number of fused-ring (bicyclic) bond motifs is 1. The Kier molecular flexibility index (Phi) is 9.48. The molecule has 0 aliphatic carbocycles. The number of H-pyrrole nitrogens is 1. The summed E-state index contributed by atoms with van der Waals surface area (Å²) in [7, 11) is 1.79. The highest BCUT2D eigenvalue weighted by Crippen LogP contribution is 2.36. The molecule has 6 nitrogen and oxygen atoms in total. The van der Waals surface area contributed by atoms with Gasteiger partial charge in [0.05, 0.1) is 11.7 Å². The fourth-order valence-corrected chi connectivity index (χ4v) is 4.37. The van der Waals surface area contributed by atoms with Crippen molar-refractivity contribution in [3.05, 3.63) is 108 Å². The van der Waals surface area contributed by atoms with E-state index in [0.717, 1.165) is 34.2 Å². The first kappa shape index (κ1) is 26.9. The van der Waals surface area contributed by atoms with E-state index in [0.29, 0.717) is 26.2 Å². The SMILES string of the molecule is CC/C(=C(/c1ccc(OCCNC/C=C/C(=O)N(C)CC)cc1)c1ccc2[nH]ncc2c1)c1ccccc1. The molecule has 0 saturated heterocycles. The summed E-state index contributed by atoms with van der Waals surface area (Å²) in [6.45, 7) is 6.72. The van der Waals surface area contributed by atoms with Crippen LogP contribution in [0.15, 0.2) is 91.1 Å². The van der Waals surface area contributed by atoms with Crippen LogP contribution in [0.1, 0.15) is 37.0 Å². The van der Waals surface area contributed by atoms with Crippen molar-refractivity contribution in [2.24, 2.45) is 0 Å². The second-order valence-corrected chi connectivity index (χ2v) is 9.08. The molecule has 0 saturated carbocycles. The third kappa shape index (κ3) is 6.78. The van der Waals surface area contributed by atoms with E-state index in [9.17, 15) is 4.79 Å². The van der Waals surface area contributed by atoms with E-state index in [1.165, 1.54) is 16.7 Å². The smallest absolute Gasteiger partial charge is 0.246 e. The highest BCUT2D eigenvalue weighted by atomic mass is 16.5. The van der Waals surface area contributed by atoms with E-state index >= 15 is 0 Å². The summed E-state index contributed by atoms with van der Waals surface area (Å²) >= 11 is 0. The van der Waals surface area contributed by atoms with Gasteiger partial charge in [0, 0.05) is 38.1 Å². The minimum Gasteiger partial charge on any atom is -0.492 e. The second-order valence-electron chi connectivity index (χ2n) is 9.08. The van der Waals surface area contributed by atoms with Crippen LogP contribution in [0.3, 0.4) is 0 Å². The molecule has 1 aromatic heterocycles. The normalized spacial score (nSPS) is 12.1. The number of likely N-dealkylation sites (N-methyl/N-ethyl adjacent to an activating group) is 1. The van der Waals surface area contributed by atoms with Gasteiger partial charge >= 0.3 is 0 Å². The lowest BCUT2D eigenvalue weighted by atomic mass is 9.88. The predicted octanol–water partition coefficient (Wildman–Crippen LogP) is 5.93. The Morgan fingerprint density at radius 2 is 1.76 bits per heavy atom. The van der Waals surface area contributed by atoms with Crippen LogP contribution < -0.4 is 10.1 Å². The number of allylic oxidation sites excluding steroid dienone is 1. The molecule has 4 rings (SSSR count). The molecule has 0 unspecified atom stereocenters. The number of aromatic nitrogens is 2. The van der Waals surface area contributed by atoms with Crippen molar-refractivity contribution in [1.29, 1.82) is 0 Å². The van der Waals surface area contributed by atoms with Crippen molar-refractivity contribution in [2.45, 2.75) is 20.3 Å². The van der Waals surface area contributed by atoms with Gasteiger partial charge in [0.1, 0.15) is 12.4 Å². The van der Waals surface area contributed by atoms with Crippen LogP contribution in [0.5, 0.6) is 5.75 Å². The fraction of sp³-hybridized carbons (Fsp3) is 0.250. The van der Waals surface area contributed by atoms with Gasteiger partial charge in [-0.15, -0.1) is 0 Å². The topological polar surface area (TPSA) is 70.2 Å². The fourth-order valence-electron chi connectivity index (χ4n) is 4.37. The third-order valence-electron chi connectivity index (χ3n) is 6.57. The molecule has 6 heteroatoms. The van der Waals surface area contributed by atoms with Gasteiger partial charge in [-0.2, -0.15) is 5.10 Å². The van der Waals surface area contributed by atoms with Crippen LogP contribution in [-0.4, -0.2) is 54.3 Å².